The Morgan fingerprint density at radius 1 is 1.14 bits per heavy atom. The number of hydrogen-bond donors (Lipinski definition) is 0. The van der Waals surface area contributed by atoms with Crippen molar-refractivity contribution in [3.63, 3.8) is 0 Å². The molecule has 0 atom stereocenters. The van der Waals surface area contributed by atoms with Crippen LogP contribution in [0.1, 0.15) is 31.0 Å². The van der Waals surface area contributed by atoms with Gasteiger partial charge in [-0.15, -0.1) is 0 Å². The molecule has 0 saturated carbocycles. The minimum absolute atomic E-state index is 0.00262. The molecule has 2 aromatic rings. The van der Waals surface area contributed by atoms with E-state index in [0.29, 0.717) is 12.2 Å². The van der Waals surface area contributed by atoms with E-state index >= 15 is 0 Å². The lowest BCUT2D eigenvalue weighted by Crippen LogP contribution is -2.41. The Bertz CT molecular complexity index is 715. The fourth-order valence-corrected chi connectivity index (χ4v) is 2.07. The average Bonchev–Trinajstić information content (AvgIpc) is 2.47. The first-order valence-corrected chi connectivity index (χ1v) is 6.95. The summed E-state index contributed by atoms with van der Waals surface area (Å²) >= 11 is 0. The van der Waals surface area contributed by atoms with Gasteiger partial charge in [-0.2, -0.15) is 0 Å². The zero-order valence-electron chi connectivity index (χ0n) is 12.6. The van der Waals surface area contributed by atoms with Crippen LogP contribution in [-0.2, 0) is 18.1 Å². The molecule has 0 amide bonds. The lowest BCUT2D eigenvalue weighted by atomic mass is 10.2. The van der Waals surface area contributed by atoms with Crippen molar-refractivity contribution in [1.82, 2.24) is 9.13 Å². The van der Waals surface area contributed by atoms with Gasteiger partial charge in [-0.05, 0) is 26.3 Å². The SMILES string of the molecule is Cc1cn(C(C)C)c(=O)n(COCc2ccccc2)c1=O. The minimum Gasteiger partial charge on any atom is -0.356 e. The summed E-state index contributed by atoms with van der Waals surface area (Å²) < 4.78 is 8.19. The maximum atomic E-state index is 12.3. The topological polar surface area (TPSA) is 53.2 Å². The Morgan fingerprint density at radius 3 is 2.43 bits per heavy atom. The van der Waals surface area contributed by atoms with Crippen LogP contribution in [0.3, 0.4) is 0 Å². The highest BCUT2D eigenvalue weighted by molar-refractivity contribution is 5.13. The number of aromatic nitrogens is 2. The second kappa shape index (κ2) is 6.54. The molecule has 5 heteroatoms. The Labute approximate surface area is 123 Å². The molecule has 0 radical (unpaired) electrons. The quantitative estimate of drug-likeness (QED) is 0.846. The molecule has 0 aliphatic carbocycles. The van der Waals surface area contributed by atoms with Gasteiger partial charge in [0.15, 0.2) is 0 Å². The first-order chi connectivity index (χ1) is 10.0. The zero-order valence-corrected chi connectivity index (χ0v) is 12.6. The van der Waals surface area contributed by atoms with Crippen molar-refractivity contribution in [3.05, 3.63) is 68.5 Å². The lowest BCUT2D eigenvalue weighted by molar-refractivity contribution is 0.0574. The highest BCUT2D eigenvalue weighted by Crippen LogP contribution is 2.02. The van der Waals surface area contributed by atoms with Crippen molar-refractivity contribution >= 4 is 0 Å². The molecule has 0 spiro atoms. The summed E-state index contributed by atoms with van der Waals surface area (Å²) in [5, 5.41) is 0. The number of rotatable bonds is 5. The molecule has 5 nitrogen and oxygen atoms in total. The molecule has 0 fully saturated rings. The Balaban J connectivity index is 2.20. The van der Waals surface area contributed by atoms with Crippen molar-refractivity contribution in [1.29, 1.82) is 0 Å². The molecule has 0 bridgehead atoms. The van der Waals surface area contributed by atoms with Crippen LogP contribution in [-0.4, -0.2) is 9.13 Å². The molecule has 2 rings (SSSR count). The third-order valence-electron chi connectivity index (χ3n) is 3.26. The van der Waals surface area contributed by atoms with Gasteiger partial charge in [0.2, 0.25) is 0 Å². The van der Waals surface area contributed by atoms with Crippen molar-refractivity contribution in [2.24, 2.45) is 0 Å². The Morgan fingerprint density at radius 2 is 1.81 bits per heavy atom. The summed E-state index contributed by atoms with van der Waals surface area (Å²) in [6.45, 7) is 5.83. The van der Waals surface area contributed by atoms with Gasteiger partial charge in [0.25, 0.3) is 5.56 Å². The van der Waals surface area contributed by atoms with Crippen LogP contribution in [0.4, 0.5) is 0 Å². The highest BCUT2D eigenvalue weighted by Gasteiger charge is 2.10. The third kappa shape index (κ3) is 3.49. The van der Waals surface area contributed by atoms with Crippen molar-refractivity contribution in [2.75, 3.05) is 0 Å². The molecule has 112 valence electrons. The van der Waals surface area contributed by atoms with Gasteiger partial charge < -0.3 is 4.74 Å². The smallest absolute Gasteiger partial charge is 0.333 e. The Kier molecular flexibility index (Phi) is 4.75. The normalized spacial score (nSPS) is 11.0. The monoisotopic (exact) mass is 288 g/mol. The average molecular weight is 288 g/mol. The van der Waals surface area contributed by atoms with Crippen LogP contribution in [0.5, 0.6) is 0 Å². The first-order valence-electron chi connectivity index (χ1n) is 6.95. The molecular formula is C16H20N2O3. The molecule has 0 saturated heterocycles. The summed E-state index contributed by atoms with van der Waals surface area (Å²) in [6, 6.07) is 9.64. The molecule has 0 unspecified atom stereocenters. The molecule has 21 heavy (non-hydrogen) atoms. The van der Waals surface area contributed by atoms with E-state index in [0.717, 1.165) is 10.1 Å². The number of nitrogens with zero attached hydrogens (tertiary/aromatic N) is 2. The zero-order chi connectivity index (χ0) is 15.4. The first kappa shape index (κ1) is 15.3. The summed E-state index contributed by atoms with van der Waals surface area (Å²) in [4.78, 5) is 24.3. The molecule has 0 aliphatic heterocycles. The van der Waals surface area contributed by atoms with Crippen LogP contribution < -0.4 is 11.2 Å². The van der Waals surface area contributed by atoms with Crippen molar-refractivity contribution in [3.8, 4) is 0 Å². The van der Waals surface area contributed by atoms with Crippen LogP contribution in [0.25, 0.3) is 0 Å². The van der Waals surface area contributed by atoms with Gasteiger partial charge in [0.1, 0.15) is 6.73 Å². The predicted molar refractivity (Wildman–Crippen MR) is 81.3 cm³/mol. The van der Waals surface area contributed by atoms with Crippen molar-refractivity contribution in [2.45, 2.75) is 40.2 Å². The van der Waals surface area contributed by atoms with E-state index < -0.39 is 0 Å². The maximum absolute atomic E-state index is 12.3. The summed E-state index contributed by atoms with van der Waals surface area (Å²) in [7, 11) is 0. The van der Waals surface area contributed by atoms with Gasteiger partial charge >= 0.3 is 5.69 Å². The Hall–Kier alpha value is -2.14. The second-order valence-electron chi connectivity index (χ2n) is 5.29. The fraction of sp³-hybridized carbons (Fsp3) is 0.375. The number of ether oxygens (including phenoxy) is 1. The van der Waals surface area contributed by atoms with Crippen LogP contribution in [0.2, 0.25) is 0 Å². The molecule has 0 aliphatic rings. The van der Waals surface area contributed by atoms with E-state index in [1.807, 2.05) is 44.2 Å². The molecular weight excluding hydrogens is 268 g/mol. The summed E-state index contributed by atoms with van der Waals surface area (Å²) in [6.07, 6.45) is 1.60. The van der Waals surface area contributed by atoms with Gasteiger partial charge in [0.05, 0.1) is 6.61 Å². The van der Waals surface area contributed by atoms with E-state index in [2.05, 4.69) is 0 Å². The predicted octanol–water partition coefficient (Wildman–Crippen LogP) is 2.07. The highest BCUT2D eigenvalue weighted by atomic mass is 16.5. The standard InChI is InChI=1S/C16H20N2O3/c1-12(2)17-9-13(3)15(19)18(16(17)20)11-21-10-14-7-5-4-6-8-14/h4-9,12H,10-11H2,1-3H3. The second-order valence-corrected chi connectivity index (χ2v) is 5.29. The molecule has 1 heterocycles. The van der Waals surface area contributed by atoms with Crippen LogP contribution >= 0.6 is 0 Å². The van der Waals surface area contributed by atoms with E-state index in [1.54, 1.807) is 17.7 Å². The molecule has 0 N–H and O–H groups in total. The van der Waals surface area contributed by atoms with Crippen LogP contribution in [0.15, 0.2) is 46.1 Å². The van der Waals surface area contributed by atoms with E-state index in [1.165, 1.54) is 0 Å². The van der Waals surface area contributed by atoms with E-state index in [4.69, 9.17) is 4.74 Å². The summed E-state index contributed by atoms with van der Waals surface area (Å²) in [5.74, 6) is 0. The largest absolute Gasteiger partial charge is 0.356 e. The van der Waals surface area contributed by atoms with Gasteiger partial charge in [-0.1, -0.05) is 30.3 Å². The number of aryl methyl sites for hydroxylation is 1. The fourth-order valence-electron chi connectivity index (χ4n) is 2.07. The van der Waals surface area contributed by atoms with E-state index in [-0.39, 0.29) is 24.0 Å². The molecule has 1 aromatic carbocycles. The van der Waals surface area contributed by atoms with Gasteiger partial charge in [-0.3, -0.25) is 9.36 Å². The van der Waals surface area contributed by atoms with Crippen molar-refractivity contribution < 1.29 is 4.74 Å². The van der Waals surface area contributed by atoms with Crippen LogP contribution in [0, 0.1) is 6.92 Å². The van der Waals surface area contributed by atoms with Gasteiger partial charge in [0, 0.05) is 17.8 Å². The molecule has 1 aromatic heterocycles. The summed E-state index contributed by atoms with van der Waals surface area (Å²) in [5.41, 5.74) is 0.896. The number of benzene rings is 1. The maximum Gasteiger partial charge on any atom is 0.333 e. The third-order valence-corrected chi connectivity index (χ3v) is 3.26. The van der Waals surface area contributed by atoms with Gasteiger partial charge in [-0.25, -0.2) is 9.36 Å². The van der Waals surface area contributed by atoms with E-state index in [9.17, 15) is 9.59 Å². The lowest BCUT2D eigenvalue weighted by Gasteiger charge is -2.14. The number of hydrogen-bond acceptors (Lipinski definition) is 3. The minimum atomic E-state index is -0.339.